The summed E-state index contributed by atoms with van der Waals surface area (Å²) < 4.78 is 11.3. The molecule has 2 aromatic carbocycles. The van der Waals surface area contributed by atoms with E-state index in [1.165, 1.54) is 11.1 Å². The lowest BCUT2D eigenvalue weighted by molar-refractivity contribution is 0.309. The Morgan fingerprint density at radius 3 is 1.67 bits per heavy atom. The lowest BCUT2D eigenvalue weighted by atomic mass is 9.82. The highest BCUT2D eigenvalue weighted by molar-refractivity contribution is 5.38. The first kappa shape index (κ1) is 18.4. The van der Waals surface area contributed by atoms with Crippen LogP contribution in [0.3, 0.4) is 0 Å². The van der Waals surface area contributed by atoms with Crippen molar-refractivity contribution in [1.29, 1.82) is 0 Å². The maximum atomic E-state index is 5.77. The molecule has 2 heteroatoms. The zero-order valence-electron chi connectivity index (χ0n) is 15.4. The van der Waals surface area contributed by atoms with Crippen LogP contribution in [0.1, 0.15) is 57.6 Å². The van der Waals surface area contributed by atoms with Crippen LogP contribution in [-0.4, -0.2) is 13.2 Å². The smallest absolute Gasteiger partial charge is 0.119 e. The van der Waals surface area contributed by atoms with Gasteiger partial charge in [-0.2, -0.15) is 0 Å². The van der Waals surface area contributed by atoms with Crippen molar-refractivity contribution in [1.82, 2.24) is 0 Å². The lowest BCUT2D eigenvalue weighted by Gasteiger charge is -2.22. The van der Waals surface area contributed by atoms with Crippen molar-refractivity contribution in [2.45, 2.75) is 46.5 Å². The van der Waals surface area contributed by atoms with Crippen LogP contribution in [0.15, 0.2) is 48.5 Å². The van der Waals surface area contributed by atoms with E-state index >= 15 is 0 Å². The van der Waals surface area contributed by atoms with Gasteiger partial charge in [0.05, 0.1) is 13.2 Å². The minimum absolute atomic E-state index is 0.380. The highest BCUT2D eigenvalue weighted by Crippen LogP contribution is 2.33. The van der Waals surface area contributed by atoms with Gasteiger partial charge < -0.3 is 9.47 Å². The van der Waals surface area contributed by atoms with Gasteiger partial charge in [-0.15, -0.1) is 0 Å². The van der Waals surface area contributed by atoms with Crippen LogP contribution in [0, 0.1) is 5.92 Å². The molecule has 24 heavy (non-hydrogen) atoms. The highest BCUT2D eigenvalue weighted by atomic mass is 16.5. The SMILES string of the molecule is CCCCOc1ccc(C(c2ccc(OCC)cc2)C(C)C)cc1. The summed E-state index contributed by atoms with van der Waals surface area (Å²) in [6.07, 6.45) is 2.26. The molecule has 0 bridgehead atoms. The third kappa shape index (κ3) is 5.02. The molecule has 130 valence electrons. The maximum Gasteiger partial charge on any atom is 0.119 e. The van der Waals surface area contributed by atoms with Crippen LogP contribution in [0.2, 0.25) is 0 Å². The predicted molar refractivity (Wildman–Crippen MR) is 101 cm³/mol. The first-order chi connectivity index (χ1) is 11.7. The Morgan fingerprint density at radius 2 is 1.25 bits per heavy atom. The summed E-state index contributed by atoms with van der Waals surface area (Å²) in [7, 11) is 0. The van der Waals surface area contributed by atoms with E-state index in [2.05, 4.69) is 69.3 Å². The maximum absolute atomic E-state index is 5.77. The van der Waals surface area contributed by atoms with Crippen LogP contribution in [0.5, 0.6) is 11.5 Å². The van der Waals surface area contributed by atoms with E-state index in [9.17, 15) is 0 Å². The zero-order chi connectivity index (χ0) is 17.4. The topological polar surface area (TPSA) is 18.5 Å². The van der Waals surface area contributed by atoms with Gasteiger partial charge in [0.25, 0.3) is 0 Å². The number of unbranched alkanes of at least 4 members (excludes halogenated alkanes) is 1. The van der Waals surface area contributed by atoms with E-state index in [1.54, 1.807) is 0 Å². The first-order valence-corrected chi connectivity index (χ1v) is 9.11. The van der Waals surface area contributed by atoms with Crippen molar-refractivity contribution >= 4 is 0 Å². The molecule has 0 aliphatic rings. The molecule has 0 radical (unpaired) electrons. The molecule has 2 nitrogen and oxygen atoms in total. The van der Waals surface area contributed by atoms with Gasteiger partial charge in [-0.1, -0.05) is 51.5 Å². The minimum Gasteiger partial charge on any atom is -0.494 e. The third-order valence-electron chi connectivity index (χ3n) is 4.22. The lowest BCUT2D eigenvalue weighted by Crippen LogP contribution is -2.08. The summed E-state index contributed by atoms with van der Waals surface area (Å²) >= 11 is 0. The van der Waals surface area contributed by atoms with Gasteiger partial charge in [0.1, 0.15) is 11.5 Å². The monoisotopic (exact) mass is 326 g/mol. The zero-order valence-corrected chi connectivity index (χ0v) is 15.4. The van der Waals surface area contributed by atoms with Gasteiger partial charge in [-0.25, -0.2) is 0 Å². The molecule has 2 rings (SSSR count). The van der Waals surface area contributed by atoms with E-state index < -0.39 is 0 Å². The fourth-order valence-electron chi connectivity index (χ4n) is 3.01. The Bertz CT molecular complexity index is 584. The van der Waals surface area contributed by atoms with E-state index in [4.69, 9.17) is 9.47 Å². The number of ether oxygens (including phenoxy) is 2. The molecule has 1 unspecified atom stereocenters. The van der Waals surface area contributed by atoms with Gasteiger partial charge in [0.2, 0.25) is 0 Å². The summed E-state index contributed by atoms with van der Waals surface area (Å²) in [5, 5.41) is 0. The second-order valence-corrected chi connectivity index (χ2v) is 6.49. The second-order valence-electron chi connectivity index (χ2n) is 6.49. The number of hydrogen-bond donors (Lipinski definition) is 0. The van der Waals surface area contributed by atoms with Crippen LogP contribution >= 0.6 is 0 Å². The Hall–Kier alpha value is -1.96. The van der Waals surface area contributed by atoms with Gasteiger partial charge in [-0.05, 0) is 54.7 Å². The van der Waals surface area contributed by atoms with Crippen molar-refractivity contribution in [2.75, 3.05) is 13.2 Å². The quantitative estimate of drug-likeness (QED) is 0.522. The molecule has 0 aliphatic heterocycles. The van der Waals surface area contributed by atoms with Crippen molar-refractivity contribution < 1.29 is 9.47 Å². The number of rotatable bonds is 9. The standard InChI is InChI=1S/C22H30O2/c1-5-7-16-24-21-14-10-19(11-15-21)22(17(3)4)18-8-12-20(13-9-18)23-6-2/h8-15,17,22H,5-7,16H2,1-4H3. The summed E-state index contributed by atoms with van der Waals surface area (Å²) in [6, 6.07) is 17.1. The van der Waals surface area contributed by atoms with Crippen molar-refractivity contribution in [3.8, 4) is 11.5 Å². The normalized spacial score (nSPS) is 12.2. The van der Waals surface area contributed by atoms with E-state index in [0.29, 0.717) is 18.4 Å². The van der Waals surface area contributed by atoms with E-state index in [0.717, 1.165) is 30.9 Å². The van der Waals surface area contributed by atoms with Gasteiger partial charge >= 0.3 is 0 Å². The molecule has 0 N–H and O–H groups in total. The molecule has 2 aromatic rings. The van der Waals surface area contributed by atoms with Gasteiger partial charge in [0.15, 0.2) is 0 Å². The van der Waals surface area contributed by atoms with Gasteiger partial charge in [0, 0.05) is 5.92 Å². The summed E-state index contributed by atoms with van der Waals surface area (Å²) in [6.45, 7) is 10.2. The Labute approximate surface area is 146 Å². The summed E-state index contributed by atoms with van der Waals surface area (Å²) in [5.74, 6) is 2.80. The Morgan fingerprint density at radius 1 is 0.750 bits per heavy atom. The van der Waals surface area contributed by atoms with Crippen molar-refractivity contribution in [3.63, 3.8) is 0 Å². The van der Waals surface area contributed by atoms with Crippen LogP contribution in [0.25, 0.3) is 0 Å². The average Bonchev–Trinajstić information content (AvgIpc) is 2.58. The molecule has 0 saturated carbocycles. The molecule has 0 spiro atoms. The second kappa shape index (κ2) is 9.36. The Balaban J connectivity index is 2.14. The molecule has 0 aliphatic carbocycles. The molecule has 1 atom stereocenters. The average molecular weight is 326 g/mol. The van der Waals surface area contributed by atoms with Gasteiger partial charge in [-0.3, -0.25) is 0 Å². The summed E-state index contributed by atoms with van der Waals surface area (Å²) in [5.41, 5.74) is 2.66. The van der Waals surface area contributed by atoms with E-state index in [-0.39, 0.29) is 0 Å². The number of benzene rings is 2. The number of hydrogen-bond acceptors (Lipinski definition) is 2. The minimum atomic E-state index is 0.380. The molecule has 0 heterocycles. The molecule has 0 saturated heterocycles. The van der Waals surface area contributed by atoms with Crippen LogP contribution in [0.4, 0.5) is 0 Å². The van der Waals surface area contributed by atoms with Crippen LogP contribution in [-0.2, 0) is 0 Å². The van der Waals surface area contributed by atoms with Crippen molar-refractivity contribution in [2.24, 2.45) is 5.92 Å². The fourth-order valence-corrected chi connectivity index (χ4v) is 3.01. The molecular formula is C22H30O2. The fraction of sp³-hybridized carbons (Fsp3) is 0.455. The highest BCUT2D eigenvalue weighted by Gasteiger charge is 2.18. The van der Waals surface area contributed by atoms with Crippen molar-refractivity contribution in [3.05, 3.63) is 59.7 Å². The molecule has 0 fully saturated rings. The molecular weight excluding hydrogens is 296 g/mol. The Kier molecular flexibility index (Phi) is 7.17. The largest absolute Gasteiger partial charge is 0.494 e. The molecule has 0 amide bonds. The molecule has 0 aromatic heterocycles. The van der Waals surface area contributed by atoms with E-state index in [1.807, 2.05) is 6.92 Å². The predicted octanol–water partition coefficient (Wildman–Crippen LogP) is 6.05. The third-order valence-corrected chi connectivity index (χ3v) is 4.22. The first-order valence-electron chi connectivity index (χ1n) is 9.11. The van der Waals surface area contributed by atoms with Crippen LogP contribution < -0.4 is 9.47 Å². The summed E-state index contributed by atoms with van der Waals surface area (Å²) in [4.78, 5) is 0.